The molecule has 0 aliphatic rings. The molecule has 0 fully saturated rings. The lowest BCUT2D eigenvalue weighted by atomic mass is 10.2. The number of nitrogens with one attached hydrogen (secondary N) is 1. The average Bonchev–Trinajstić information content (AvgIpc) is 2.93. The Kier molecular flexibility index (Phi) is 5.71. The van der Waals surface area contributed by atoms with E-state index in [1.807, 2.05) is 13.8 Å². The molecule has 0 saturated heterocycles. The lowest BCUT2D eigenvalue weighted by molar-refractivity contribution is -0.116. The van der Waals surface area contributed by atoms with E-state index in [1.165, 1.54) is 6.26 Å². The van der Waals surface area contributed by atoms with E-state index < -0.39 is 9.84 Å². The lowest BCUT2D eigenvalue weighted by Gasteiger charge is -2.06. The third-order valence-corrected chi connectivity index (χ3v) is 4.06. The van der Waals surface area contributed by atoms with Gasteiger partial charge in [0.05, 0.1) is 5.75 Å². The first kappa shape index (κ1) is 18.1. The predicted octanol–water partition coefficient (Wildman–Crippen LogP) is 2.31. The first-order valence-corrected chi connectivity index (χ1v) is 9.68. The SMILES string of the molecule is CC(C)c1noc(CCC(=O)Nc2cccc(CS(C)(=O)=O)c2)n1. The second-order valence-electron chi connectivity index (χ2n) is 6.02. The van der Waals surface area contributed by atoms with E-state index in [4.69, 9.17) is 4.52 Å². The number of benzene rings is 1. The van der Waals surface area contributed by atoms with Gasteiger partial charge in [0.2, 0.25) is 11.8 Å². The Labute approximate surface area is 141 Å². The molecule has 1 amide bonds. The van der Waals surface area contributed by atoms with Crippen LogP contribution in [-0.4, -0.2) is 30.7 Å². The molecular weight excluding hydrogens is 330 g/mol. The van der Waals surface area contributed by atoms with Gasteiger partial charge in [0.15, 0.2) is 15.7 Å². The summed E-state index contributed by atoms with van der Waals surface area (Å²) >= 11 is 0. The van der Waals surface area contributed by atoms with Crippen LogP contribution >= 0.6 is 0 Å². The molecule has 7 nitrogen and oxygen atoms in total. The van der Waals surface area contributed by atoms with Gasteiger partial charge in [-0.15, -0.1) is 0 Å². The van der Waals surface area contributed by atoms with Gasteiger partial charge in [0, 0.05) is 30.7 Å². The highest BCUT2D eigenvalue weighted by molar-refractivity contribution is 7.89. The molecule has 0 aliphatic heterocycles. The molecule has 1 N–H and O–H groups in total. The standard InChI is InChI=1S/C16H21N3O4S/c1-11(2)16-18-15(23-19-16)8-7-14(20)17-13-6-4-5-12(9-13)10-24(3,21)22/h4-6,9,11H,7-8,10H2,1-3H3,(H,17,20). The molecule has 1 heterocycles. The maximum atomic E-state index is 12.0. The van der Waals surface area contributed by atoms with Crippen molar-refractivity contribution in [3.05, 3.63) is 41.5 Å². The first-order chi connectivity index (χ1) is 11.2. The van der Waals surface area contributed by atoms with Crippen LogP contribution in [0.4, 0.5) is 5.69 Å². The summed E-state index contributed by atoms with van der Waals surface area (Å²) in [6, 6.07) is 6.79. The number of carbonyl (C=O) groups excluding carboxylic acids is 1. The summed E-state index contributed by atoms with van der Waals surface area (Å²) in [5.41, 5.74) is 1.20. The predicted molar refractivity (Wildman–Crippen MR) is 90.3 cm³/mol. The van der Waals surface area contributed by atoms with Crippen molar-refractivity contribution < 1.29 is 17.7 Å². The summed E-state index contributed by atoms with van der Waals surface area (Å²) in [6.45, 7) is 3.93. The van der Waals surface area contributed by atoms with Gasteiger partial charge in [0.25, 0.3) is 0 Å². The summed E-state index contributed by atoms with van der Waals surface area (Å²) < 4.78 is 27.8. The normalized spacial score (nSPS) is 11.7. The van der Waals surface area contributed by atoms with Gasteiger partial charge in [-0.3, -0.25) is 4.79 Å². The second-order valence-corrected chi connectivity index (χ2v) is 8.16. The maximum Gasteiger partial charge on any atom is 0.227 e. The minimum Gasteiger partial charge on any atom is -0.339 e. The third-order valence-electron chi connectivity index (χ3n) is 3.21. The summed E-state index contributed by atoms with van der Waals surface area (Å²) in [6.07, 6.45) is 1.73. The van der Waals surface area contributed by atoms with Crippen LogP contribution in [0, 0.1) is 0 Å². The number of nitrogens with zero attached hydrogens (tertiary/aromatic N) is 2. The molecular formula is C16H21N3O4S. The average molecular weight is 351 g/mol. The Hall–Kier alpha value is -2.22. The first-order valence-electron chi connectivity index (χ1n) is 7.62. The number of hydrogen-bond donors (Lipinski definition) is 1. The fourth-order valence-corrected chi connectivity index (χ4v) is 2.87. The van der Waals surface area contributed by atoms with Gasteiger partial charge in [0.1, 0.15) is 0 Å². The minimum absolute atomic E-state index is 0.0589. The van der Waals surface area contributed by atoms with Crippen LogP contribution in [0.5, 0.6) is 0 Å². The van der Waals surface area contributed by atoms with Gasteiger partial charge in [-0.2, -0.15) is 4.98 Å². The van der Waals surface area contributed by atoms with Crippen molar-refractivity contribution in [1.29, 1.82) is 0 Å². The van der Waals surface area contributed by atoms with E-state index >= 15 is 0 Å². The maximum absolute atomic E-state index is 12.0. The quantitative estimate of drug-likeness (QED) is 0.821. The number of anilines is 1. The van der Waals surface area contributed by atoms with Crippen molar-refractivity contribution in [3.8, 4) is 0 Å². The number of amides is 1. The number of hydrogen-bond acceptors (Lipinski definition) is 6. The van der Waals surface area contributed by atoms with Gasteiger partial charge in [-0.05, 0) is 17.7 Å². The van der Waals surface area contributed by atoms with Crippen molar-refractivity contribution in [2.45, 2.75) is 38.4 Å². The van der Waals surface area contributed by atoms with Crippen molar-refractivity contribution in [1.82, 2.24) is 10.1 Å². The summed E-state index contributed by atoms with van der Waals surface area (Å²) in [5.74, 6) is 0.972. The van der Waals surface area contributed by atoms with Crippen LogP contribution in [0.2, 0.25) is 0 Å². The third kappa shape index (κ3) is 5.77. The summed E-state index contributed by atoms with van der Waals surface area (Å²) in [7, 11) is -3.11. The molecule has 0 spiro atoms. The van der Waals surface area contributed by atoms with E-state index in [0.717, 1.165) is 0 Å². The zero-order chi connectivity index (χ0) is 17.7. The van der Waals surface area contributed by atoms with Crippen LogP contribution in [0.3, 0.4) is 0 Å². The lowest BCUT2D eigenvalue weighted by Crippen LogP contribution is -2.13. The zero-order valence-corrected chi connectivity index (χ0v) is 14.8. The molecule has 0 bridgehead atoms. The Morgan fingerprint density at radius 3 is 2.71 bits per heavy atom. The molecule has 0 radical (unpaired) electrons. The van der Waals surface area contributed by atoms with E-state index in [1.54, 1.807) is 24.3 Å². The Morgan fingerprint density at radius 1 is 1.33 bits per heavy atom. The smallest absolute Gasteiger partial charge is 0.227 e. The van der Waals surface area contributed by atoms with Gasteiger partial charge in [-0.25, -0.2) is 8.42 Å². The molecule has 0 saturated carbocycles. The molecule has 2 rings (SSSR count). The molecule has 2 aromatic rings. The fourth-order valence-electron chi connectivity index (χ4n) is 2.09. The van der Waals surface area contributed by atoms with Gasteiger partial charge >= 0.3 is 0 Å². The largest absolute Gasteiger partial charge is 0.339 e. The van der Waals surface area contributed by atoms with E-state index in [-0.39, 0.29) is 24.0 Å². The number of rotatable bonds is 7. The Bertz CT molecular complexity index is 812. The molecule has 1 aromatic heterocycles. The topological polar surface area (TPSA) is 102 Å². The number of aryl methyl sites for hydroxylation is 1. The van der Waals surface area contributed by atoms with Crippen LogP contribution in [-0.2, 0) is 26.8 Å². The van der Waals surface area contributed by atoms with E-state index in [9.17, 15) is 13.2 Å². The number of carbonyl (C=O) groups is 1. The highest BCUT2D eigenvalue weighted by atomic mass is 32.2. The second kappa shape index (κ2) is 7.57. The Balaban J connectivity index is 1.91. The molecule has 0 aliphatic carbocycles. The highest BCUT2D eigenvalue weighted by Crippen LogP contribution is 2.14. The van der Waals surface area contributed by atoms with Crippen molar-refractivity contribution in [2.24, 2.45) is 0 Å². The van der Waals surface area contributed by atoms with Gasteiger partial charge in [-0.1, -0.05) is 31.1 Å². The molecule has 130 valence electrons. The zero-order valence-electron chi connectivity index (χ0n) is 13.9. The van der Waals surface area contributed by atoms with Crippen LogP contribution < -0.4 is 5.32 Å². The van der Waals surface area contributed by atoms with Crippen molar-refractivity contribution in [3.63, 3.8) is 0 Å². The molecule has 8 heteroatoms. The van der Waals surface area contributed by atoms with Crippen LogP contribution in [0.15, 0.2) is 28.8 Å². The van der Waals surface area contributed by atoms with Gasteiger partial charge < -0.3 is 9.84 Å². The van der Waals surface area contributed by atoms with E-state index in [0.29, 0.717) is 29.4 Å². The van der Waals surface area contributed by atoms with Crippen molar-refractivity contribution in [2.75, 3.05) is 11.6 Å². The Morgan fingerprint density at radius 2 is 2.08 bits per heavy atom. The van der Waals surface area contributed by atoms with E-state index in [2.05, 4.69) is 15.5 Å². The highest BCUT2D eigenvalue weighted by Gasteiger charge is 2.12. The fraction of sp³-hybridized carbons (Fsp3) is 0.438. The number of sulfone groups is 1. The monoisotopic (exact) mass is 351 g/mol. The molecule has 1 aromatic carbocycles. The summed E-state index contributed by atoms with van der Waals surface area (Å²) in [5, 5.41) is 6.59. The van der Waals surface area contributed by atoms with Crippen LogP contribution in [0.1, 0.15) is 43.5 Å². The minimum atomic E-state index is -3.11. The summed E-state index contributed by atoms with van der Waals surface area (Å²) in [4.78, 5) is 16.2. The molecule has 0 unspecified atom stereocenters. The van der Waals surface area contributed by atoms with Crippen molar-refractivity contribution >= 4 is 21.4 Å². The molecule has 0 atom stereocenters. The molecule has 24 heavy (non-hydrogen) atoms. The van der Waals surface area contributed by atoms with Crippen LogP contribution in [0.25, 0.3) is 0 Å². The number of aromatic nitrogens is 2.